The second-order valence-electron chi connectivity index (χ2n) is 6.38. The molecule has 8 heteroatoms. The first-order chi connectivity index (χ1) is 12.7. The third kappa shape index (κ3) is 3.65. The van der Waals surface area contributed by atoms with E-state index in [4.69, 9.17) is 23.8 Å². The summed E-state index contributed by atoms with van der Waals surface area (Å²) in [5, 5.41) is 9.09. The Bertz CT molecular complexity index is 930. The molecule has 1 aromatic heterocycles. The van der Waals surface area contributed by atoms with Crippen LogP contribution in [0, 0.1) is 4.77 Å². The number of piperazine rings is 1. The van der Waals surface area contributed by atoms with Crippen LogP contribution in [0.2, 0.25) is 5.02 Å². The summed E-state index contributed by atoms with van der Waals surface area (Å²) in [7, 11) is 0. The van der Waals surface area contributed by atoms with Crippen molar-refractivity contribution in [3.8, 4) is 5.69 Å². The fraction of sp³-hybridized carbons (Fsp3) is 0.278. The SMILES string of the molecule is S=c1n(C[NH+]2CCN(c3ccccc3)CC2)nnn1-c1cccc(Cl)c1. The minimum absolute atomic E-state index is 0.588. The van der Waals surface area contributed by atoms with Gasteiger partial charge in [0.2, 0.25) is 4.77 Å². The van der Waals surface area contributed by atoms with E-state index in [1.54, 1.807) is 9.36 Å². The van der Waals surface area contributed by atoms with E-state index < -0.39 is 0 Å². The number of halogens is 1. The molecule has 26 heavy (non-hydrogen) atoms. The molecule has 6 nitrogen and oxygen atoms in total. The summed E-state index contributed by atoms with van der Waals surface area (Å²) < 4.78 is 4.04. The quantitative estimate of drug-likeness (QED) is 0.693. The van der Waals surface area contributed by atoms with Crippen molar-refractivity contribution in [1.82, 2.24) is 19.8 Å². The monoisotopic (exact) mass is 387 g/mol. The van der Waals surface area contributed by atoms with Gasteiger partial charge in [-0.15, -0.1) is 0 Å². The Labute approximate surface area is 162 Å². The molecule has 0 radical (unpaired) electrons. The Kier molecular flexibility index (Phi) is 5.01. The first-order valence-corrected chi connectivity index (χ1v) is 9.42. The molecule has 2 aromatic carbocycles. The Morgan fingerprint density at radius 2 is 1.69 bits per heavy atom. The highest BCUT2D eigenvalue weighted by atomic mass is 35.5. The van der Waals surface area contributed by atoms with E-state index in [9.17, 15) is 0 Å². The Morgan fingerprint density at radius 3 is 2.42 bits per heavy atom. The van der Waals surface area contributed by atoms with Crippen LogP contribution < -0.4 is 9.80 Å². The zero-order chi connectivity index (χ0) is 17.9. The number of para-hydroxylation sites is 1. The Balaban J connectivity index is 1.42. The van der Waals surface area contributed by atoms with Crippen LogP contribution in [0.5, 0.6) is 0 Å². The molecule has 0 unspecified atom stereocenters. The molecule has 0 amide bonds. The molecule has 1 saturated heterocycles. The maximum Gasteiger partial charge on any atom is 0.225 e. The van der Waals surface area contributed by atoms with Crippen LogP contribution in [0.1, 0.15) is 0 Å². The van der Waals surface area contributed by atoms with Gasteiger partial charge in [-0.1, -0.05) is 35.9 Å². The van der Waals surface area contributed by atoms with Gasteiger partial charge in [-0.2, -0.15) is 9.36 Å². The summed E-state index contributed by atoms with van der Waals surface area (Å²) in [6.07, 6.45) is 0. The predicted molar refractivity (Wildman–Crippen MR) is 105 cm³/mol. The second-order valence-corrected chi connectivity index (χ2v) is 7.18. The van der Waals surface area contributed by atoms with Crippen molar-refractivity contribution in [2.75, 3.05) is 31.1 Å². The van der Waals surface area contributed by atoms with E-state index in [0.717, 1.165) is 38.5 Å². The Hall–Kier alpha value is -2.22. The highest BCUT2D eigenvalue weighted by Crippen LogP contribution is 2.14. The van der Waals surface area contributed by atoms with Gasteiger partial charge in [-0.05, 0) is 53.0 Å². The van der Waals surface area contributed by atoms with Crippen molar-refractivity contribution in [3.63, 3.8) is 0 Å². The first kappa shape index (κ1) is 17.2. The minimum atomic E-state index is 0.588. The van der Waals surface area contributed by atoms with Gasteiger partial charge in [0, 0.05) is 10.7 Å². The highest BCUT2D eigenvalue weighted by Gasteiger charge is 2.21. The van der Waals surface area contributed by atoms with Gasteiger partial charge in [-0.25, -0.2) is 0 Å². The lowest BCUT2D eigenvalue weighted by Gasteiger charge is -2.33. The van der Waals surface area contributed by atoms with Crippen molar-refractivity contribution in [2.24, 2.45) is 0 Å². The molecule has 0 atom stereocenters. The summed E-state index contributed by atoms with van der Waals surface area (Å²) in [6, 6.07) is 18.0. The van der Waals surface area contributed by atoms with Crippen LogP contribution in [0.15, 0.2) is 54.6 Å². The number of hydrogen-bond acceptors (Lipinski definition) is 4. The molecule has 4 rings (SSSR count). The lowest BCUT2D eigenvalue weighted by molar-refractivity contribution is -0.924. The molecular weight excluding hydrogens is 368 g/mol. The van der Waals surface area contributed by atoms with Crippen LogP contribution in [0.25, 0.3) is 5.69 Å². The van der Waals surface area contributed by atoms with Crippen molar-refractivity contribution < 1.29 is 4.90 Å². The number of rotatable bonds is 4. The average molecular weight is 388 g/mol. The van der Waals surface area contributed by atoms with E-state index in [2.05, 4.69) is 45.7 Å². The van der Waals surface area contributed by atoms with Gasteiger partial charge in [0.15, 0.2) is 6.67 Å². The topological polar surface area (TPSA) is 43.3 Å². The van der Waals surface area contributed by atoms with Gasteiger partial charge in [-0.3, -0.25) is 0 Å². The third-order valence-electron chi connectivity index (χ3n) is 4.66. The molecule has 0 aliphatic carbocycles. The van der Waals surface area contributed by atoms with Gasteiger partial charge in [0.25, 0.3) is 0 Å². The number of quaternary nitrogens is 1. The van der Waals surface area contributed by atoms with Crippen LogP contribution in [0.4, 0.5) is 5.69 Å². The largest absolute Gasteiger partial charge is 0.360 e. The minimum Gasteiger partial charge on any atom is -0.360 e. The van der Waals surface area contributed by atoms with Gasteiger partial charge in [0.05, 0.1) is 31.9 Å². The van der Waals surface area contributed by atoms with Crippen LogP contribution in [-0.4, -0.2) is 46.0 Å². The van der Waals surface area contributed by atoms with Crippen LogP contribution in [0.3, 0.4) is 0 Å². The van der Waals surface area contributed by atoms with Crippen molar-refractivity contribution >= 4 is 29.5 Å². The molecule has 134 valence electrons. The molecule has 1 N–H and O–H groups in total. The molecule has 3 aromatic rings. The van der Waals surface area contributed by atoms with Crippen molar-refractivity contribution in [2.45, 2.75) is 6.67 Å². The smallest absolute Gasteiger partial charge is 0.225 e. The fourth-order valence-corrected chi connectivity index (χ4v) is 3.66. The molecule has 1 aliphatic rings. The summed E-state index contributed by atoms with van der Waals surface area (Å²) in [5.74, 6) is 0. The number of nitrogens with zero attached hydrogens (tertiary/aromatic N) is 5. The van der Waals surface area contributed by atoms with E-state index in [1.807, 2.05) is 24.3 Å². The zero-order valence-corrected chi connectivity index (χ0v) is 15.8. The fourth-order valence-electron chi connectivity index (χ4n) is 3.23. The summed E-state index contributed by atoms with van der Waals surface area (Å²) >= 11 is 11.6. The number of hydrogen-bond donors (Lipinski definition) is 1. The standard InChI is InChI=1S/C18H19ClN6S/c19-15-5-4-8-17(13-15)25-18(26)24(20-21-25)14-22-9-11-23(12-10-22)16-6-2-1-3-7-16/h1-8,13H,9-12,14H2/p+1. The van der Waals surface area contributed by atoms with E-state index in [-0.39, 0.29) is 0 Å². The van der Waals surface area contributed by atoms with Gasteiger partial charge >= 0.3 is 0 Å². The first-order valence-electron chi connectivity index (χ1n) is 8.63. The summed E-state index contributed by atoms with van der Waals surface area (Å²) in [6.45, 7) is 4.85. The summed E-state index contributed by atoms with van der Waals surface area (Å²) in [5.41, 5.74) is 2.12. The summed E-state index contributed by atoms with van der Waals surface area (Å²) in [4.78, 5) is 3.87. The van der Waals surface area contributed by atoms with Crippen LogP contribution in [-0.2, 0) is 6.67 Å². The molecule has 0 saturated carbocycles. The molecule has 0 spiro atoms. The van der Waals surface area contributed by atoms with Gasteiger partial charge < -0.3 is 9.80 Å². The van der Waals surface area contributed by atoms with Crippen LogP contribution >= 0.6 is 23.8 Å². The van der Waals surface area contributed by atoms with Crippen molar-refractivity contribution in [3.05, 3.63) is 64.4 Å². The normalized spacial score (nSPS) is 15.3. The molecule has 1 fully saturated rings. The maximum absolute atomic E-state index is 6.06. The lowest BCUT2D eigenvalue weighted by atomic mass is 10.2. The predicted octanol–water partition coefficient (Wildman–Crippen LogP) is 1.81. The Morgan fingerprint density at radius 1 is 0.962 bits per heavy atom. The lowest BCUT2D eigenvalue weighted by Crippen LogP contribution is -3.14. The van der Waals surface area contributed by atoms with E-state index in [0.29, 0.717) is 9.79 Å². The second kappa shape index (κ2) is 7.57. The average Bonchev–Trinajstić information content (AvgIpc) is 3.03. The third-order valence-corrected chi connectivity index (χ3v) is 5.28. The number of anilines is 1. The van der Waals surface area contributed by atoms with E-state index in [1.165, 1.54) is 10.6 Å². The molecule has 0 bridgehead atoms. The number of nitrogens with one attached hydrogen (secondary N) is 1. The molecular formula is C18H20ClN6S+. The zero-order valence-electron chi connectivity index (χ0n) is 14.3. The van der Waals surface area contributed by atoms with E-state index >= 15 is 0 Å². The maximum atomic E-state index is 6.06. The van der Waals surface area contributed by atoms with Gasteiger partial charge in [0.1, 0.15) is 0 Å². The number of aromatic nitrogens is 4. The number of tetrazole rings is 1. The molecule has 2 heterocycles. The van der Waals surface area contributed by atoms with Crippen molar-refractivity contribution in [1.29, 1.82) is 0 Å². The number of benzene rings is 2. The molecule has 1 aliphatic heterocycles. The highest BCUT2D eigenvalue weighted by molar-refractivity contribution is 7.71.